The molecule has 1 rings (SSSR count). The van der Waals surface area contributed by atoms with Crippen LogP contribution in [-0.2, 0) is 0 Å². The zero-order chi connectivity index (χ0) is 10.3. The first-order valence-corrected chi connectivity index (χ1v) is 4.58. The fourth-order valence-electron chi connectivity index (χ4n) is 0.940. The van der Waals surface area contributed by atoms with Gasteiger partial charge in [-0.15, -0.1) is 0 Å². The quantitative estimate of drug-likeness (QED) is 0.695. The summed E-state index contributed by atoms with van der Waals surface area (Å²) in [6, 6.07) is 0. The van der Waals surface area contributed by atoms with Crippen molar-refractivity contribution in [3.8, 4) is 0 Å². The van der Waals surface area contributed by atoms with Crippen molar-refractivity contribution in [3.63, 3.8) is 0 Å². The zero-order valence-electron chi connectivity index (χ0n) is 8.89. The van der Waals surface area contributed by atoms with Crippen LogP contribution < -0.4 is 10.6 Å². The summed E-state index contributed by atoms with van der Waals surface area (Å²) in [5, 5.41) is 9.02. The molecular weight excluding hydrogens is 160 g/mol. The topological polar surface area (TPSA) is 28.7 Å². The van der Waals surface area contributed by atoms with E-state index in [1.807, 2.05) is 46.0 Å². The van der Waals surface area contributed by atoms with E-state index in [1.54, 1.807) is 0 Å². The van der Waals surface area contributed by atoms with Crippen molar-refractivity contribution in [2.24, 2.45) is 0 Å². The molecule has 1 N–H and O–H groups in total. The molecule has 0 saturated heterocycles. The lowest BCUT2D eigenvalue weighted by Crippen LogP contribution is -2.23. The molecule has 0 aliphatic carbocycles. The molecule has 0 bridgehead atoms. The van der Waals surface area contributed by atoms with E-state index in [0.717, 1.165) is 16.1 Å². The van der Waals surface area contributed by atoms with Crippen molar-refractivity contribution in [1.29, 1.82) is 0 Å². The highest BCUT2D eigenvalue weighted by atomic mass is 15.1. The molecule has 0 atom stereocenters. The van der Waals surface area contributed by atoms with Crippen LogP contribution in [0.2, 0.25) is 0 Å². The molecule has 0 radical (unpaired) electrons. The van der Waals surface area contributed by atoms with Crippen molar-refractivity contribution in [3.05, 3.63) is 29.4 Å². The van der Waals surface area contributed by atoms with E-state index in [0.29, 0.717) is 0 Å². The van der Waals surface area contributed by atoms with E-state index in [4.69, 9.17) is 0 Å². The minimum absolute atomic E-state index is 1.06. The molecule has 0 aliphatic heterocycles. The number of hydrogen-bond acceptors (Lipinski definition) is 1. The smallest absolute Gasteiger partial charge is 0.0610 e. The fraction of sp³-hybridized carbons (Fsp3) is 0.364. The maximum atomic E-state index is 3.94. The second-order valence-corrected chi connectivity index (χ2v) is 2.37. The Morgan fingerprint density at radius 1 is 1.54 bits per heavy atom. The molecule has 0 unspecified atom stereocenters. The van der Waals surface area contributed by atoms with Gasteiger partial charge < -0.3 is 0 Å². The predicted octanol–water partition coefficient (Wildman–Crippen LogP) is 1.59. The normalized spacial score (nSPS) is 13.1. The van der Waals surface area contributed by atoms with Crippen LogP contribution in [0.25, 0.3) is 11.6 Å². The number of nitrogens with one attached hydrogen (secondary N) is 1. The van der Waals surface area contributed by atoms with Crippen LogP contribution in [0.3, 0.4) is 0 Å². The minimum atomic E-state index is 1.06. The maximum Gasteiger partial charge on any atom is 0.0610 e. The van der Waals surface area contributed by atoms with Crippen LogP contribution >= 0.6 is 0 Å². The fourth-order valence-corrected chi connectivity index (χ4v) is 0.940. The third-order valence-corrected chi connectivity index (χ3v) is 1.69. The van der Waals surface area contributed by atoms with Crippen molar-refractivity contribution in [2.45, 2.75) is 27.7 Å². The van der Waals surface area contributed by atoms with Crippen LogP contribution in [-0.4, -0.2) is 10.2 Å². The van der Waals surface area contributed by atoms with E-state index >= 15 is 0 Å². The van der Waals surface area contributed by atoms with Crippen molar-refractivity contribution >= 4 is 11.6 Å². The summed E-state index contributed by atoms with van der Waals surface area (Å²) in [7, 11) is 0. The average molecular weight is 178 g/mol. The molecule has 72 valence electrons. The standard InChI is InChI=1S/C9H12N2.C2H6/c1-4-7(3)8-6-10-11-9(8)5-2;1-2/h4-6,11H,1H2,2-3H3;1-2H3/b8-7-,9-5+;. The number of H-pyrrole nitrogens is 1. The summed E-state index contributed by atoms with van der Waals surface area (Å²) in [5.74, 6) is 0. The summed E-state index contributed by atoms with van der Waals surface area (Å²) >= 11 is 0. The van der Waals surface area contributed by atoms with Gasteiger partial charge in [-0.3, -0.25) is 5.10 Å². The van der Waals surface area contributed by atoms with Crippen LogP contribution in [0, 0.1) is 0 Å². The van der Waals surface area contributed by atoms with Crippen LogP contribution in [0.5, 0.6) is 0 Å². The van der Waals surface area contributed by atoms with Gasteiger partial charge in [0.1, 0.15) is 0 Å². The highest BCUT2D eigenvalue weighted by molar-refractivity contribution is 5.52. The minimum Gasteiger partial charge on any atom is -0.278 e. The highest BCUT2D eigenvalue weighted by Crippen LogP contribution is 1.86. The molecule has 0 spiro atoms. The molecule has 0 saturated carbocycles. The van der Waals surface area contributed by atoms with E-state index in [2.05, 4.69) is 16.8 Å². The number of aromatic amines is 1. The van der Waals surface area contributed by atoms with Gasteiger partial charge in [0.2, 0.25) is 0 Å². The SMILES string of the molecule is C=C/C(C)=c1/cn[nH]/c1=C/C.CC. The second kappa shape index (κ2) is 6.23. The van der Waals surface area contributed by atoms with E-state index < -0.39 is 0 Å². The summed E-state index contributed by atoms with van der Waals surface area (Å²) in [6.45, 7) is 11.7. The molecule has 13 heavy (non-hydrogen) atoms. The van der Waals surface area contributed by atoms with Gasteiger partial charge in [-0.25, -0.2) is 0 Å². The van der Waals surface area contributed by atoms with Crippen LogP contribution in [0.15, 0.2) is 18.9 Å². The zero-order valence-corrected chi connectivity index (χ0v) is 8.89. The number of aromatic nitrogens is 2. The van der Waals surface area contributed by atoms with Gasteiger partial charge in [-0.2, -0.15) is 5.10 Å². The van der Waals surface area contributed by atoms with E-state index in [-0.39, 0.29) is 0 Å². The predicted molar refractivity (Wildman–Crippen MR) is 58.6 cm³/mol. The van der Waals surface area contributed by atoms with Gasteiger partial charge in [-0.05, 0) is 19.4 Å². The second-order valence-electron chi connectivity index (χ2n) is 2.37. The van der Waals surface area contributed by atoms with Crippen molar-refractivity contribution in [1.82, 2.24) is 10.2 Å². The highest BCUT2D eigenvalue weighted by Gasteiger charge is 1.88. The first kappa shape index (κ1) is 11.7. The lowest BCUT2D eigenvalue weighted by Gasteiger charge is -1.84. The summed E-state index contributed by atoms with van der Waals surface area (Å²) < 4.78 is 0. The first-order valence-electron chi connectivity index (χ1n) is 4.58. The Bertz CT molecular complexity index is 358. The van der Waals surface area contributed by atoms with Crippen molar-refractivity contribution in [2.75, 3.05) is 0 Å². The molecule has 1 aromatic rings. The lowest BCUT2D eigenvalue weighted by atomic mass is 10.2. The summed E-state index contributed by atoms with van der Waals surface area (Å²) in [5.41, 5.74) is 1.15. The monoisotopic (exact) mass is 178 g/mol. The molecule has 0 amide bonds. The Hall–Kier alpha value is -1.31. The largest absolute Gasteiger partial charge is 0.278 e. The molecule has 1 aromatic heterocycles. The molecule has 0 fully saturated rings. The average Bonchev–Trinajstić information content (AvgIpc) is 2.67. The molecule has 0 aromatic carbocycles. The Kier molecular flexibility index (Phi) is 5.60. The van der Waals surface area contributed by atoms with Gasteiger partial charge >= 0.3 is 0 Å². The van der Waals surface area contributed by atoms with Gasteiger partial charge in [0.25, 0.3) is 0 Å². The van der Waals surface area contributed by atoms with Crippen LogP contribution in [0.1, 0.15) is 27.7 Å². The Balaban J connectivity index is 0.000000671. The van der Waals surface area contributed by atoms with Gasteiger partial charge in [-0.1, -0.05) is 32.6 Å². The number of hydrogen-bond donors (Lipinski definition) is 1. The Morgan fingerprint density at radius 3 is 2.62 bits per heavy atom. The Morgan fingerprint density at radius 2 is 2.15 bits per heavy atom. The molecule has 1 heterocycles. The summed E-state index contributed by atoms with van der Waals surface area (Å²) in [4.78, 5) is 0. The Labute approximate surface area is 79.7 Å². The van der Waals surface area contributed by atoms with E-state index in [9.17, 15) is 0 Å². The number of rotatable bonds is 1. The van der Waals surface area contributed by atoms with Crippen molar-refractivity contribution < 1.29 is 0 Å². The maximum absolute atomic E-state index is 3.94. The molecule has 2 nitrogen and oxygen atoms in total. The van der Waals surface area contributed by atoms with Crippen LogP contribution in [0.4, 0.5) is 0 Å². The number of nitrogens with zero attached hydrogens (tertiary/aromatic N) is 1. The molecule has 0 aliphatic rings. The van der Waals surface area contributed by atoms with Gasteiger partial charge in [0.15, 0.2) is 0 Å². The van der Waals surface area contributed by atoms with Gasteiger partial charge in [0.05, 0.1) is 11.5 Å². The molecular formula is C11H18N2. The summed E-state index contributed by atoms with van der Waals surface area (Å²) in [6.07, 6.45) is 5.64. The van der Waals surface area contributed by atoms with E-state index in [1.165, 1.54) is 0 Å². The third kappa shape index (κ3) is 2.90. The first-order chi connectivity index (χ1) is 6.29. The number of allylic oxidation sites excluding steroid dienone is 1. The third-order valence-electron chi connectivity index (χ3n) is 1.69. The lowest BCUT2D eigenvalue weighted by molar-refractivity contribution is 1.06. The van der Waals surface area contributed by atoms with Gasteiger partial charge in [0, 0.05) is 5.22 Å². The molecule has 2 heteroatoms.